The third-order valence-corrected chi connectivity index (χ3v) is 2.72. The molecule has 0 aromatic carbocycles. The maximum atomic E-state index is 12.4. The lowest BCUT2D eigenvalue weighted by atomic mass is 10.2. The van der Waals surface area contributed by atoms with E-state index in [2.05, 4.69) is 10.3 Å². The first kappa shape index (κ1) is 14.4. The van der Waals surface area contributed by atoms with Crippen molar-refractivity contribution in [3.63, 3.8) is 0 Å². The van der Waals surface area contributed by atoms with E-state index in [-0.39, 0.29) is 18.6 Å². The first-order valence-corrected chi connectivity index (χ1v) is 6.16. The zero-order valence-electron chi connectivity index (χ0n) is 11.2. The Hall–Kier alpha value is -1.62. The average Bonchev–Trinajstić information content (AvgIpc) is 2.38. The van der Waals surface area contributed by atoms with Gasteiger partial charge in [-0.05, 0) is 32.4 Å². The molecule has 0 aliphatic carbocycles. The van der Waals surface area contributed by atoms with Crippen LogP contribution in [0.3, 0.4) is 0 Å². The van der Waals surface area contributed by atoms with Gasteiger partial charge in [-0.3, -0.25) is 4.79 Å². The minimum absolute atomic E-state index is 0.0594. The minimum Gasteiger partial charge on any atom is -0.396 e. The molecule has 0 fully saturated rings. The van der Waals surface area contributed by atoms with Crippen LogP contribution in [0.15, 0.2) is 18.3 Å². The average molecular weight is 251 g/mol. The van der Waals surface area contributed by atoms with Gasteiger partial charge in [0.05, 0.1) is 5.56 Å². The number of aromatic nitrogens is 1. The topological polar surface area (TPSA) is 65.5 Å². The highest BCUT2D eigenvalue weighted by atomic mass is 16.3. The van der Waals surface area contributed by atoms with Crippen LogP contribution < -0.4 is 5.32 Å². The molecule has 0 spiro atoms. The molecule has 1 heterocycles. The van der Waals surface area contributed by atoms with E-state index in [1.165, 1.54) is 0 Å². The molecule has 0 radical (unpaired) electrons. The Balaban J connectivity index is 2.94. The number of carbonyl (C=O) groups is 1. The van der Waals surface area contributed by atoms with E-state index in [9.17, 15) is 4.79 Å². The Kier molecular flexibility index (Phi) is 5.58. The number of anilines is 1. The Morgan fingerprint density at radius 1 is 1.56 bits per heavy atom. The van der Waals surface area contributed by atoms with Gasteiger partial charge in [0.25, 0.3) is 5.91 Å². The Bertz CT molecular complexity index is 394. The number of hydrogen-bond donors (Lipinski definition) is 2. The molecule has 0 aliphatic heterocycles. The van der Waals surface area contributed by atoms with Gasteiger partial charge in [0.2, 0.25) is 0 Å². The fourth-order valence-electron chi connectivity index (χ4n) is 1.77. The van der Waals surface area contributed by atoms with Crippen molar-refractivity contribution in [2.24, 2.45) is 0 Å². The quantitative estimate of drug-likeness (QED) is 0.801. The molecule has 0 bridgehead atoms. The molecule has 1 aromatic rings. The standard InChI is InChI=1S/C13H21N3O2/c1-10(2)16(8-5-9-17)13(18)11-6-4-7-15-12(11)14-3/h4,6-7,10,17H,5,8-9H2,1-3H3,(H,14,15). The number of rotatable bonds is 6. The largest absolute Gasteiger partial charge is 0.396 e. The summed E-state index contributed by atoms with van der Waals surface area (Å²) in [6.45, 7) is 4.56. The number of aliphatic hydroxyl groups is 1. The summed E-state index contributed by atoms with van der Waals surface area (Å²) in [5.74, 6) is 0.521. The van der Waals surface area contributed by atoms with Crippen LogP contribution in [0.25, 0.3) is 0 Å². The fraction of sp³-hybridized carbons (Fsp3) is 0.538. The van der Waals surface area contributed by atoms with Crippen molar-refractivity contribution in [1.82, 2.24) is 9.88 Å². The molecule has 0 unspecified atom stereocenters. The second kappa shape index (κ2) is 6.96. The number of carbonyl (C=O) groups excluding carboxylic acids is 1. The monoisotopic (exact) mass is 251 g/mol. The Labute approximate surface area is 108 Å². The van der Waals surface area contributed by atoms with Crippen LogP contribution in [0.2, 0.25) is 0 Å². The van der Waals surface area contributed by atoms with Gasteiger partial charge in [0, 0.05) is 32.4 Å². The highest BCUT2D eigenvalue weighted by Gasteiger charge is 2.20. The van der Waals surface area contributed by atoms with Gasteiger partial charge in [-0.1, -0.05) is 0 Å². The van der Waals surface area contributed by atoms with Crippen molar-refractivity contribution in [1.29, 1.82) is 0 Å². The smallest absolute Gasteiger partial charge is 0.257 e. The zero-order valence-corrected chi connectivity index (χ0v) is 11.2. The van der Waals surface area contributed by atoms with Crippen LogP contribution in [0.4, 0.5) is 5.82 Å². The van der Waals surface area contributed by atoms with E-state index in [4.69, 9.17) is 5.11 Å². The summed E-state index contributed by atoms with van der Waals surface area (Å²) in [6, 6.07) is 3.60. The lowest BCUT2D eigenvalue weighted by Gasteiger charge is -2.27. The SMILES string of the molecule is CNc1ncccc1C(=O)N(CCCO)C(C)C. The number of nitrogens with zero attached hydrogens (tertiary/aromatic N) is 2. The molecule has 5 heteroatoms. The van der Waals surface area contributed by atoms with Crippen molar-refractivity contribution < 1.29 is 9.90 Å². The second-order valence-corrected chi connectivity index (χ2v) is 4.32. The number of amides is 1. The lowest BCUT2D eigenvalue weighted by molar-refractivity contribution is 0.0694. The molecule has 100 valence electrons. The van der Waals surface area contributed by atoms with Crippen LogP contribution in [0.1, 0.15) is 30.6 Å². The number of hydrogen-bond acceptors (Lipinski definition) is 4. The highest BCUT2D eigenvalue weighted by Crippen LogP contribution is 2.15. The summed E-state index contributed by atoms with van der Waals surface area (Å²) in [5, 5.41) is 11.8. The van der Waals surface area contributed by atoms with Crippen LogP contribution >= 0.6 is 0 Å². The summed E-state index contributed by atoms with van der Waals surface area (Å²) >= 11 is 0. The second-order valence-electron chi connectivity index (χ2n) is 4.32. The molecule has 0 saturated heterocycles. The van der Waals surface area contributed by atoms with Crippen LogP contribution in [-0.4, -0.2) is 47.1 Å². The van der Waals surface area contributed by atoms with E-state index >= 15 is 0 Å². The molecular formula is C13H21N3O2. The fourth-order valence-corrected chi connectivity index (χ4v) is 1.77. The van der Waals surface area contributed by atoms with Crippen molar-refractivity contribution in [3.8, 4) is 0 Å². The van der Waals surface area contributed by atoms with Gasteiger partial charge in [-0.25, -0.2) is 4.98 Å². The van der Waals surface area contributed by atoms with E-state index in [0.29, 0.717) is 24.3 Å². The lowest BCUT2D eigenvalue weighted by Crippen LogP contribution is -2.38. The van der Waals surface area contributed by atoms with E-state index in [0.717, 1.165) is 0 Å². The number of pyridine rings is 1. The first-order valence-electron chi connectivity index (χ1n) is 6.16. The van der Waals surface area contributed by atoms with E-state index < -0.39 is 0 Å². The summed E-state index contributed by atoms with van der Waals surface area (Å²) in [6.07, 6.45) is 2.23. The van der Waals surface area contributed by atoms with Crippen molar-refractivity contribution in [3.05, 3.63) is 23.9 Å². The van der Waals surface area contributed by atoms with Gasteiger partial charge in [-0.15, -0.1) is 0 Å². The molecule has 5 nitrogen and oxygen atoms in total. The maximum Gasteiger partial charge on any atom is 0.257 e. The van der Waals surface area contributed by atoms with Crippen LogP contribution in [-0.2, 0) is 0 Å². The zero-order chi connectivity index (χ0) is 13.5. The highest BCUT2D eigenvalue weighted by molar-refractivity contribution is 5.98. The summed E-state index contributed by atoms with van der Waals surface area (Å²) in [4.78, 5) is 18.3. The Morgan fingerprint density at radius 3 is 2.83 bits per heavy atom. The predicted molar refractivity (Wildman–Crippen MR) is 71.7 cm³/mol. The maximum absolute atomic E-state index is 12.4. The number of nitrogens with one attached hydrogen (secondary N) is 1. The van der Waals surface area contributed by atoms with Gasteiger partial charge >= 0.3 is 0 Å². The molecule has 18 heavy (non-hydrogen) atoms. The van der Waals surface area contributed by atoms with Crippen LogP contribution in [0.5, 0.6) is 0 Å². The summed E-state index contributed by atoms with van der Waals surface area (Å²) < 4.78 is 0. The molecule has 1 aromatic heterocycles. The summed E-state index contributed by atoms with van der Waals surface area (Å²) in [5.41, 5.74) is 0.562. The van der Waals surface area contributed by atoms with Crippen molar-refractivity contribution in [2.75, 3.05) is 25.5 Å². The van der Waals surface area contributed by atoms with Crippen molar-refractivity contribution >= 4 is 11.7 Å². The molecule has 2 N–H and O–H groups in total. The van der Waals surface area contributed by atoms with Gasteiger partial charge in [0.15, 0.2) is 0 Å². The third-order valence-electron chi connectivity index (χ3n) is 2.72. The van der Waals surface area contributed by atoms with E-state index in [1.54, 1.807) is 30.3 Å². The number of aliphatic hydroxyl groups excluding tert-OH is 1. The molecule has 1 amide bonds. The molecule has 0 saturated carbocycles. The van der Waals surface area contributed by atoms with Gasteiger partial charge in [-0.2, -0.15) is 0 Å². The molecular weight excluding hydrogens is 230 g/mol. The van der Waals surface area contributed by atoms with Gasteiger partial charge in [0.1, 0.15) is 5.82 Å². The molecule has 1 rings (SSSR count). The molecule has 0 atom stereocenters. The predicted octanol–water partition coefficient (Wildman–Crippen LogP) is 1.36. The minimum atomic E-state index is -0.0594. The first-order chi connectivity index (χ1) is 8.61. The van der Waals surface area contributed by atoms with Crippen molar-refractivity contribution in [2.45, 2.75) is 26.3 Å². The van der Waals surface area contributed by atoms with Crippen LogP contribution in [0, 0.1) is 0 Å². The molecule has 0 aliphatic rings. The normalized spacial score (nSPS) is 10.5. The Morgan fingerprint density at radius 2 is 2.28 bits per heavy atom. The summed E-state index contributed by atoms with van der Waals surface area (Å²) in [7, 11) is 1.74. The third kappa shape index (κ3) is 3.43. The van der Waals surface area contributed by atoms with Gasteiger partial charge < -0.3 is 15.3 Å². The van der Waals surface area contributed by atoms with E-state index in [1.807, 2.05) is 13.8 Å².